The van der Waals surface area contributed by atoms with E-state index in [1.807, 2.05) is 20.8 Å². The third-order valence-electron chi connectivity index (χ3n) is 3.40. The zero-order valence-corrected chi connectivity index (χ0v) is 15.2. The van der Waals surface area contributed by atoms with Crippen LogP contribution in [0.1, 0.15) is 53.9 Å². The van der Waals surface area contributed by atoms with E-state index in [-0.39, 0.29) is 5.91 Å². The number of likely N-dealkylation sites (tertiary alicyclic amines) is 1. The average molecular weight is 328 g/mol. The predicted octanol–water partition coefficient (Wildman–Crippen LogP) is 2.56. The van der Waals surface area contributed by atoms with Gasteiger partial charge in [0, 0.05) is 26.3 Å². The molecule has 1 fully saturated rings. The molecule has 1 heterocycles. The second-order valence-corrected chi connectivity index (χ2v) is 7.45. The fraction of sp³-hybridized carbons (Fsp3) is 0.882. The van der Waals surface area contributed by atoms with Crippen molar-refractivity contribution in [1.82, 2.24) is 10.2 Å². The minimum atomic E-state index is -0.547. The number of carbonyl (C=O) groups is 2. The van der Waals surface area contributed by atoms with Crippen LogP contribution in [0.4, 0.5) is 4.79 Å². The molecule has 0 saturated carbocycles. The van der Waals surface area contributed by atoms with E-state index in [1.165, 1.54) is 4.90 Å². The zero-order chi connectivity index (χ0) is 17.5. The highest BCUT2D eigenvalue weighted by molar-refractivity contribution is 5.86. The summed E-state index contributed by atoms with van der Waals surface area (Å²) in [5.41, 5.74) is -0.547. The van der Waals surface area contributed by atoms with Gasteiger partial charge >= 0.3 is 6.09 Å². The lowest BCUT2D eigenvalue weighted by Crippen LogP contribution is -2.47. The van der Waals surface area contributed by atoms with Gasteiger partial charge in [0.25, 0.3) is 0 Å². The third-order valence-corrected chi connectivity index (χ3v) is 3.40. The summed E-state index contributed by atoms with van der Waals surface area (Å²) in [6.45, 7) is 12.2. The van der Waals surface area contributed by atoms with Gasteiger partial charge in [-0.1, -0.05) is 13.8 Å². The standard InChI is InChI=1S/C17H32N2O4/c1-13(2)12-22-11-7-9-18-15(20)14-8-6-10-19(14)16(21)23-17(3,4)5/h13-14H,6-12H2,1-5H3,(H,18,20). The first-order chi connectivity index (χ1) is 10.7. The number of rotatable bonds is 7. The van der Waals surface area contributed by atoms with Crippen LogP contribution in [0.5, 0.6) is 0 Å². The van der Waals surface area contributed by atoms with Gasteiger partial charge in [-0.05, 0) is 46.0 Å². The smallest absolute Gasteiger partial charge is 0.410 e. The van der Waals surface area contributed by atoms with Crippen LogP contribution in [0, 0.1) is 5.92 Å². The first kappa shape index (κ1) is 19.7. The van der Waals surface area contributed by atoms with Crippen LogP contribution in [0.15, 0.2) is 0 Å². The summed E-state index contributed by atoms with van der Waals surface area (Å²) in [7, 11) is 0. The molecule has 0 radical (unpaired) electrons. The van der Waals surface area contributed by atoms with Crippen LogP contribution in [-0.4, -0.2) is 54.8 Å². The average Bonchev–Trinajstić information content (AvgIpc) is 2.89. The van der Waals surface area contributed by atoms with E-state index in [2.05, 4.69) is 19.2 Å². The van der Waals surface area contributed by atoms with E-state index >= 15 is 0 Å². The van der Waals surface area contributed by atoms with E-state index in [4.69, 9.17) is 9.47 Å². The number of hydrogen-bond donors (Lipinski definition) is 1. The van der Waals surface area contributed by atoms with Gasteiger partial charge in [0.2, 0.25) is 5.91 Å². The Morgan fingerprint density at radius 2 is 2.00 bits per heavy atom. The van der Waals surface area contributed by atoms with Crippen LogP contribution in [0.3, 0.4) is 0 Å². The lowest BCUT2D eigenvalue weighted by atomic mass is 10.2. The SMILES string of the molecule is CC(C)COCCCNC(=O)C1CCCN1C(=O)OC(C)(C)C. The lowest BCUT2D eigenvalue weighted by molar-refractivity contribution is -0.125. The van der Waals surface area contributed by atoms with Crippen molar-refractivity contribution in [2.45, 2.75) is 65.5 Å². The number of amides is 2. The molecule has 1 rings (SSSR count). The van der Waals surface area contributed by atoms with Gasteiger partial charge in [-0.3, -0.25) is 9.69 Å². The highest BCUT2D eigenvalue weighted by Crippen LogP contribution is 2.20. The minimum absolute atomic E-state index is 0.0998. The molecule has 1 aliphatic rings. The minimum Gasteiger partial charge on any atom is -0.444 e. The van der Waals surface area contributed by atoms with Crippen molar-refractivity contribution in [3.63, 3.8) is 0 Å². The maximum absolute atomic E-state index is 12.3. The number of carbonyl (C=O) groups excluding carboxylic acids is 2. The van der Waals surface area contributed by atoms with Gasteiger partial charge in [-0.25, -0.2) is 4.79 Å². The maximum Gasteiger partial charge on any atom is 0.410 e. The fourth-order valence-electron chi connectivity index (χ4n) is 2.40. The zero-order valence-electron chi connectivity index (χ0n) is 15.2. The number of hydrogen-bond acceptors (Lipinski definition) is 4. The Labute approximate surface area is 139 Å². The van der Waals surface area contributed by atoms with Crippen molar-refractivity contribution in [2.24, 2.45) is 5.92 Å². The van der Waals surface area contributed by atoms with Gasteiger partial charge in [-0.15, -0.1) is 0 Å². The van der Waals surface area contributed by atoms with Crippen molar-refractivity contribution < 1.29 is 19.1 Å². The molecule has 0 aromatic heterocycles. The Hall–Kier alpha value is -1.30. The van der Waals surface area contributed by atoms with Crippen molar-refractivity contribution in [1.29, 1.82) is 0 Å². The molecule has 23 heavy (non-hydrogen) atoms. The Morgan fingerprint density at radius 3 is 2.61 bits per heavy atom. The van der Waals surface area contributed by atoms with Crippen molar-refractivity contribution in [3.8, 4) is 0 Å². The molecule has 0 aliphatic carbocycles. The molecule has 0 aromatic rings. The molecule has 0 aromatic carbocycles. The molecule has 0 spiro atoms. The summed E-state index contributed by atoms with van der Waals surface area (Å²) in [6, 6.07) is -0.415. The van der Waals surface area contributed by atoms with Crippen molar-refractivity contribution in [3.05, 3.63) is 0 Å². The Kier molecular flexibility index (Phi) is 7.82. The lowest BCUT2D eigenvalue weighted by Gasteiger charge is -2.28. The van der Waals surface area contributed by atoms with Crippen LogP contribution in [0.2, 0.25) is 0 Å². The largest absolute Gasteiger partial charge is 0.444 e. The van der Waals surface area contributed by atoms with Gasteiger partial charge in [0.1, 0.15) is 11.6 Å². The van der Waals surface area contributed by atoms with E-state index < -0.39 is 17.7 Å². The fourth-order valence-corrected chi connectivity index (χ4v) is 2.40. The second-order valence-electron chi connectivity index (χ2n) is 7.45. The molecule has 6 heteroatoms. The number of ether oxygens (including phenoxy) is 2. The van der Waals surface area contributed by atoms with Gasteiger partial charge < -0.3 is 14.8 Å². The van der Waals surface area contributed by atoms with Crippen LogP contribution >= 0.6 is 0 Å². The van der Waals surface area contributed by atoms with Crippen LogP contribution in [-0.2, 0) is 14.3 Å². The molecule has 6 nitrogen and oxygen atoms in total. The molecule has 1 N–H and O–H groups in total. The van der Waals surface area contributed by atoms with Gasteiger partial charge in [0.15, 0.2) is 0 Å². The molecule has 2 amide bonds. The molecule has 134 valence electrons. The molecule has 1 aliphatic heterocycles. The quantitative estimate of drug-likeness (QED) is 0.729. The summed E-state index contributed by atoms with van der Waals surface area (Å²) in [4.78, 5) is 26.0. The van der Waals surface area contributed by atoms with Crippen LogP contribution in [0.25, 0.3) is 0 Å². The van der Waals surface area contributed by atoms with Gasteiger partial charge in [-0.2, -0.15) is 0 Å². The molecular formula is C17H32N2O4. The Balaban J connectivity index is 2.32. The van der Waals surface area contributed by atoms with Crippen LogP contribution < -0.4 is 5.32 Å². The molecule has 0 bridgehead atoms. The molecule has 1 saturated heterocycles. The van der Waals surface area contributed by atoms with Gasteiger partial charge in [0.05, 0.1) is 0 Å². The Bertz CT molecular complexity index is 391. The first-order valence-electron chi connectivity index (χ1n) is 8.56. The molecule has 1 unspecified atom stereocenters. The highest BCUT2D eigenvalue weighted by atomic mass is 16.6. The number of nitrogens with zero attached hydrogens (tertiary/aromatic N) is 1. The normalized spacial score (nSPS) is 18.3. The summed E-state index contributed by atoms with van der Waals surface area (Å²) in [5, 5.41) is 2.89. The highest BCUT2D eigenvalue weighted by Gasteiger charge is 2.36. The Morgan fingerprint density at radius 1 is 1.30 bits per heavy atom. The predicted molar refractivity (Wildman–Crippen MR) is 89.2 cm³/mol. The van der Waals surface area contributed by atoms with Crippen molar-refractivity contribution >= 4 is 12.0 Å². The summed E-state index contributed by atoms with van der Waals surface area (Å²) in [6.07, 6.45) is 1.89. The molecule has 1 atom stereocenters. The summed E-state index contributed by atoms with van der Waals surface area (Å²) < 4.78 is 10.8. The summed E-state index contributed by atoms with van der Waals surface area (Å²) >= 11 is 0. The van der Waals surface area contributed by atoms with E-state index in [9.17, 15) is 9.59 Å². The number of nitrogens with one attached hydrogen (secondary N) is 1. The topological polar surface area (TPSA) is 67.9 Å². The first-order valence-corrected chi connectivity index (χ1v) is 8.56. The third kappa shape index (κ3) is 7.68. The maximum atomic E-state index is 12.3. The van der Waals surface area contributed by atoms with E-state index in [0.29, 0.717) is 32.0 Å². The monoisotopic (exact) mass is 328 g/mol. The van der Waals surface area contributed by atoms with E-state index in [1.54, 1.807) is 0 Å². The second kappa shape index (κ2) is 9.11. The van der Waals surface area contributed by atoms with E-state index in [0.717, 1.165) is 19.4 Å². The van der Waals surface area contributed by atoms with Crippen molar-refractivity contribution in [2.75, 3.05) is 26.3 Å². The summed E-state index contributed by atoms with van der Waals surface area (Å²) in [5.74, 6) is 0.419. The molecular weight excluding hydrogens is 296 g/mol.